The first-order chi connectivity index (χ1) is 7.59. The number of halogens is 1. The average Bonchev–Trinajstić information content (AvgIpc) is 2.67. The van der Waals surface area contributed by atoms with Crippen LogP contribution in [0.5, 0.6) is 0 Å². The summed E-state index contributed by atoms with van der Waals surface area (Å²) in [4.78, 5) is 10.7. The molecule has 16 heavy (non-hydrogen) atoms. The molecule has 5 heteroatoms. The lowest BCUT2D eigenvalue weighted by Gasteiger charge is -2.05. The molecular formula is C11H8FNO2S. The second-order valence-electron chi connectivity index (χ2n) is 3.24. The molecule has 0 amide bonds. The topological polar surface area (TPSA) is 63.3 Å². The smallest absolute Gasteiger partial charge is 0.340 e. The van der Waals surface area contributed by atoms with Crippen LogP contribution in [0, 0.1) is 5.82 Å². The molecule has 0 saturated carbocycles. The first-order valence-electron chi connectivity index (χ1n) is 4.44. The Morgan fingerprint density at radius 2 is 2.12 bits per heavy atom. The molecular weight excluding hydrogens is 229 g/mol. The van der Waals surface area contributed by atoms with Gasteiger partial charge < -0.3 is 10.8 Å². The van der Waals surface area contributed by atoms with Crippen LogP contribution in [0.2, 0.25) is 0 Å². The van der Waals surface area contributed by atoms with Crippen molar-refractivity contribution < 1.29 is 14.3 Å². The van der Waals surface area contributed by atoms with E-state index < -0.39 is 17.3 Å². The zero-order chi connectivity index (χ0) is 11.7. The Labute approximate surface area is 95.0 Å². The van der Waals surface area contributed by atoms with Crippen LogP contribution >= 0.6 is 11.3 Å². The van der Waals surface area contributed by atoms with Gasteiger partial charge in [0, 0.05) is 5.69 Å². The maximum Gasteiger partial charge on any atom is 0.340 e. The third-order valence-electron chi connectivity index (χ3n) is 2.19. The number of carbonyl (C=O) groups is 1. The molecule has 3 N–H and O–H groups in total. The summed E-state index contributed by atoms with van der Waals surface area (Å²) in [6, 6.07) is 4.47. The molecule has 1 aromatic carbocycles. The third kappa shape index (κ3) is 1.77. The lowest BCUT2D eigenvalue weighted by molar-refractivity contribution is 0.0693. The number of hydrogen-bond donors (Lipinski definition) is 2. The van der Waals surface area contributed by atoms with Gasteiger partial charge in [0.2, 0.25) is 0 Å². The Hall–Kier alpha value is -1.88. The number of carboxylic acid groups (broad SMARTS) is 1. The van der Waals surface area contributed by atoms with Crippen molar-refractivity contribution in [3.63, 3.8) is 0 Å². The van der Waals surface area contributed by atoms with E-state index in [1.165, 1.54) is 23.5 Å². The van der Waals surface area contributed by atoms with Crippen LogP contribution < -0.4 is 5.73 Å². The quantitative estimate of drug-likeness (QED) is 0.789. The van der Waals surface area contributed by atoms with Gasteiger partial charge in [0.25, 0.3) is 0 Å². The van der Waals surface area contributed by atoms with Gasteiger partial charge >= 0.3 is 5.97 Å². The summed E-state index contributed by atoms with van der Waals surface area (Å²) in [6.07, 6.45) is 0. The first kappa shape index (κ1) is 10.6. The Balaban J connectivity index is 2.58. The molecule has 0 spiro atoms. The van der Waals surface area contributed by atoms with Crippen molar-refractivity contribution in [1.82, 2.24) is 0 Å². The normalized spacial score (nSPS) is 10.3. The van der Waals surface area contributed by atoms with Crippen molar-refractivity contribution in [1.29, 1.82) is 0 Å². The molecule has 3 nitrogen and oxygen atoms in total. The minimum Gasteiger partial charge on any atom is -0.478 e. The second kappa shape index (κ2) is 3.94. The number of nitrogens with two attached hydrogens (primary N) is 1. The van der Waals surface area contributed by atoms with Crippen LogP contribution in [0.25, 0.3) is 11.1 Å². The van der Waals surface area contributed by atoms with Crippen LogP contribution in [0.15, 0.2) is 29.0 Å². The molecule has 0 radical (unpaired) electrons. The molecule has 0 saturated heterocycles. The molecule has 1 aromatic heterocycles. The number of hydrogen-bond acceptors (Lipinski definition) is 3. The molecule has 0 fully saturated rings. The van der Waals surface area contributed by atoms with Gasteiger partial charge in [0.05, 0.1) is 0 Å². The minimum absolute atomic E-state index is 0.0614. The van der Waals surface area contributed by atoms with Crippen molar-refractivity contribution in [2.75, 3.05) is 5.73 Å². The molecule has 82 valence electrons. The van der Waals surface area contributed by atoms with E-state index >= 15 is 0 Å². The highest BCUT2D eigenvalue weighted by atomic mass is 32.1. The van der Waals surface area contributed by atoms with Gasteiger partial charge in [-0.05, 0) is 40.1 Å². The van der Waals surface area contributed by atoms with Crippen molar-refractivity contribution in [3.05, 3.63) is 40.3 Å². The lowest BCUT2D eigenvalue weighted by Crippen LogP contribution is -2.06. The van der Waals surface area contributed by atoms with Crippen LogP contribution in [0.4, 0.5) is 10.1 Å². The van der Waals surface area contributed by atoms with E-state index in [0.29, 0.717) is 5.56 Å². The van der Waals surface area contributed by atoms with E-state index in [2.05, 4.69) is 0 Å². The number of nitrogen functional groups attached to an aromatic ring is 1. The molecule has 2 aromatic rings. The number of anilines is 1. The van der Waals surface area contributed by atoms with Crippen molar-refractivity contribution >= 4 is 23.0 Å². The fourth-order valence-corrected chi connectivity index (χ4v) is 2.11. The zero-order valence-corrected chi connectivity index (χ0v) is 8.92. The Morgan fingerprint density at radius 3 is 2.62 bits per heavy atom. The second-order valence-corrected chi connectivity index (χ2v) is 4.02. The molecule has 0 aliphatic rings. The Bertz CT molecular complexity index is 514. The number of thiophene rings is 1. The van der Waals surface area contributed by atoms with Gasteiger partial charge in [-0.1, -0.05) is 0 Å². The third-order valence-corrected chi connectivity index (χ3v) is 2.87. The molecule has 2 rings (SSSR count). The van der Waals surface area contributed by atoms with Gasteiger partial charge in [0.15, 0.2) is 0 Å². The molecule has 1 heterocycles. The van der Waals surface area contributed by atoms with Gasteiger partial charge in [0.1, 0.15) is 11.4 Å². The number of benzene rings is 1. The van der Waals surface area contributed by atoms with Crippen molar-refractivity contribution in [3.8, 4) is 11.1 Å². The summed E-state index contributed by atoms with van der Waals surface area (Å²) < 4.78 is 13.5. The van der Waals surface area contributed by atoms with Crippen molar-refractivity contribution in [2.24, 2.45) is 0 Å². The number of rotatable bonds is 2. The van der Waals surface area contributed by atoms with E-state index in [-0.39, 0.29) is 5.69 Å². The molecule has 0 bridgehead atoms. The first-order valence-corrected chi connectivity index (χ1v) is 5.38. The van der Waals surface area contributed by atoms with E-state index in [4.69, 9.17) is 10.8 Å². The van der Waals surface area contributed by atoms with Crippen LogP contribution in [-0.2, 0) is 0 Å². The van der Waals surface area contributed by atoms with Crippen LogP contribution in [0.1, 0.15) is 10.4 Å². The van der Waals surface area contributed by atoms with Gasteiger partial charge in [-0.2, -0.15) is 11.3 Å². The van der Waals surface area contributed by atoms with E-state index in [1.807, 2.05) is 16.8 Å². The fraction of sp³-hybridized carbons (Fsp3) is 0. The highest BCUT2D eigenvalue weighted by Crippen LogP contribution is 2.28. The van der Waals surface area contributed by atoms with E-state index in [0.717, 1.165) is 5.56 Å². The predicted octanol–water partition coefficient (Wildman–Crippen LogP) is 2.83. The zero-order valence-electron chi connectivity index (χ0n) is 8.11. The van der Waals surface area contributed by atoms with Crippen LogP contribution in [0.3, 0.4) is 0 Å². The fourth-order valence-electron chi connectivity index (χ4n) is 1.45. The lowest BCUT2D eigenvalue weighted by atomic mass is 10.0. The van der Waals surface area contributed by atoms with Gasteiger partial charge in [-0.15, -0.1) is 0 Å². The van der Waals surface area contributed by atoms with Gasteiger partial charge in [-0.3, -0.25) is 0 Å². The maximum atomic E-state index is 13.5. The predicted molar refractivity (Wildman–Crippen MR) is 61.1 cm³/mol. The number of aromatic carboxylic acids is 1. The van der Waals surface area contributed by atoms with Gasteiger partial charge in [-0.25, -0.2) is 9.18 Å². The van der Waals surface area contributed by atoms with E-state index in [9.17, 15) is 9.18 Å². The summed E-state index contributed by atoms with van der Waals surface area (Å²) in [7, 11) is 0. The standard InChI is InChI=1S/C11H8FNO2S/c12-8-3-7(6-1-2-16-5-6)4-9(13)10(8)11(14)15/h1-5H,13H2,(H,14,15). The Kier molecular flexibility index (Phi) is 2.62. The molecule has 0 unspecified atom stereocenters. The Morgan fingerprint density at radius 1 is 1.38 bits per heavy atom. The SMILES string of the molecule is Nc1cc(-c2ccsc2)cc(F)c1C(=O)O. The van der Waals surface area contributed by atoms with E-state index in [1.54, 1.807) is 0 Å². The summed E-state index contributed by atoms with van der Waals surface area (Å²) in [5, 5.41) is 12.4. The summed E-state index contributed by atoms with van der Waals surface area (Å²) >= 11 is 1.48. The monoisotopic (exact) mass is 237 g/mol. The molecule has 0 atom stereocenters. The summed E-state index contributed by atoms with van der Waals surface area (Å²) in [5.74, 6) is -2.17. The summed E-state index contributed by atoms with van der Waals surface area (Å²) in [6.45, 7) is 0. The highest BCUT2D eigenvalue weighted by Gasteiger charge is 2.16. The molecule has 0 aliphatic carbocycles. The largest absolute Gasteiger partial charge is 0.478 e. The average molecular weight is 237 g/mol. The minimum atomic E-state index is -1.35. The molecule has 0 aliphatic heterocycles. The number of carboxylic acids is 1. The van der Waals surface area contributed by atoms with Crippen molar-refractivity contribution in [2.45, 2.75) is 0 Å². The highest BCUT2D eigenvalue weighted by molar-refractivity contribution is 7.08. The summed E-state index contributed by atoms with van der Waals surface area (Å²) in [5.41, 5.74) is 6.39. The maximum absolute atomic E-state index is 13.5. The van der Waals surface area contributed by atoms with Crippen LogP contribution in [-0.4, -0.2) is 11.1 Å².